The second-order valence-corrected chi connectivity index (χ2v) is 9.04. The molecule has 0 saturated carbocycles. The third kappa shape index (κ3) is 4.73. The molecule has 5 rings (SSSR count). The van der Waals surface area contributed by atoms with E-state index in [9.17, 15) is 9.59 Å². The van der Waals surface area contributed by atoms with Gasteiger partial charge in [0.15, 0.2) is 0 Å². The van der Waals surface area contributed by atoms with Gasteiger partial charge in [0.2, 0.25) is 0 Å². The molecular weight excluding hydrogens is 416 g/mol. The quantitative estimate of drug-likeness (QED) is 0.666. The number of amides is 2. The molecule has 2 fully saturated rings. The molecule has 2 aliphatic heterocycles. The third-order valence-electron chi connectivity index (χ3n) is 6.90. The van der Waals surface area contributed by atoms with Gasteiger partial charge in [-0.1, -0.05) is 6.07 Å². The van der Waals surface area contributed by atoms with Gasteiger partial charge in [-0.3, -0.25) is 19.6 Å². The molecule has 2 aromatic heterocycles. The monoisotopic (exact) mass is 444 g/mol. The zero-order chi connectivity index (χ0) is 22.7. The number of aromatic nitrogens is 2. The van der Waals surface area contributed by atoms with Crippen molar-refractivity contribution < 1.29 is 14.3 Å². The van der Waals surface area contributed by atoms with Crippen molar-refractivity contribution in [2.75, 3.05) is 26.2 Å². The highest BCUT2D eigenvalue weighted by atomic mass is 16.5. The number of nitrogens with one attached hydrogen (secondary N) is 1. The minimum absolute atomic E-state index is 0.0626. The van der Waals surface area contributed by atoms with Crippen molar-refractivity contribution in [3.8, 4) is 0 Å². The molecule has 3 aromatic rings. The van der Waals surface area contributed by atoms with Crippen molar-refractivity contribution in [3.05, 3.63) is 72.2 Å². The number of fused-ring (bicyclic) bond motifs is 1. The summed E-state index contributed by atoms with van der Waals surface area (Å²) >= 11 is 0. The molecular formula is C26H28N4O3. The lowest BCUT2D eigenvalue weighted by molar-refractivity contribution is -0.122. The van der Waals surface area contributed by atoms with Gasteiger partial charge in [0.25, 0.3) is 11.8 Å². The Labute approximate surface area is 193 Å². The maximum absolute atomic E-state index is 13.1. The van der Waals surface area contributed by atoms with Crippen LogP contribution in [0, 0.1) is 5.92 Å². The molecule has 1 atom stereocenters. The first-order chi connectivity index (χ1) is 16.1. The van der Waals surface area contributed by atoms with Gasteiger partial charge < -0.3 is 15.0 Å². The molecule has 1 N–H and O–H groups in total. The standard InChI is InChI=1S/C26H28N4O3/c31-24(20-5-11-27-12-6-20)29-18-19-7-15-33-26(17-19)8-13-30(14-9-26)25(32)22-3-4-23-21(16-22)2-1-10-28-23/h1-6,10-12,16,19H,7-9,13-15,17-18H2,(H,29,31). The van der Waals surface area contributed by atoms with E-state index in [1.165, 1.54) is 0 Å². The molecule has 0 bridgehead atoms. The van der Waals surface area contributed by atoms with E-state index >= 15 is 0 Å². The fourth-order valence-corrected chi connectivity index (χ4v) is 5.00. The summed E-state index contributed by atoms with van der Waals surface area (Å²) < 4.78 is 6.25. The van der Waals surface area contributed by atoms with Gasteiger partial charge in [0.05, 0.1) is 11.1 Å². The molecule has 1 spiro atoms. The van der Waals surface area contributed by atoms with E-state index in [-0.39, 0.29) is 17.4 Å². The molecule has 0 radical (unpaired) electrons. The van der Waals surface area contributed by atoms with Crippen LogP contribution in [0.15, 0.2) is 61.1 Å². The number of carbonyl (C=O) groups excluding carboxylic acids is 2. The van der Waals surface area contributed by atoms with Gasteiger partial charge in [-0.2, -0.15) is 0 Å². The fourth-order valence-electron chi connectivity index (χ4n) is 5.00. The van der Waals surface area contributed by atoms with Gasteiger partial charge in [-0.25, -0.2) is 0 Å². The number of benzene rings is 1. The third-order valence-corrected chi connectivity index (χ3v) is 6.90. The first kappa shape index (κ1) is 21.5. The molecule has 1 aromatic carbocycles. The minimum Gasteiger partial charge on any atom is -0.375 e. The summed E-state index contributed by atoms with van der Waals surface area (Å²) in [6.07, 6.45) is 8.51. The SMILES string of the molecule is O=C(NCC1CCOC2(CCN(C(=O)c3ccc4ncccc4c3)CC2)C1)c1ccncc1. The summed E-state index contributed by atoms with van der Waals surface area (Å²) in [4.78, 5) is 35.7. The largest absolute Gasteiger partial charge is 0.375 e. The lowest BCUT2D eigenvalue weighted by Gasteiger charge is -2.46. The van der Waals surface area contributed by atoms with Crippen LogP contribution in [0.5, 0.6) is 0 Å². The predicted octanol–water partition coefficient (Wildman–Crippen LogP) is 3.46. The smallest absolute Gasteiger partial charge is 0.253 e. The summed E-state index contributed by atoms with van der Waals surface area (Å²) in [6, 6.07) is 13.0. The zero-order valence-corrected chi connectivity index (χ0v) is 18.6. The Balaban J connectivity index is 1.17. The van der Waals surface area contributed by atoms with E-state index in [2.05, 4.69) is 15.3 Å². The number of pyridine rings is 2. The summed E-state index contributed by atoms with van der Waals surface area (Å²) in [6.45, 7) is 2.70. The first-order valence-electron chi connectivity index (χ1n) is 11.6. The number of piperidine rings is 1. The Kier molecular flexibility index (Phi) is 6.05. The fraction of sp³-hybridized carbons (Fsp3) is 0.385. The maximum atomic E-state index is 13.1. The predicted molar refractivity (Wildman–Crippen MR) is 125 cm³/mol. The van der Waals surface area contributed by atoms with Crippen LogP contribution in [-0.4, -0.2) is 58.5 Å². The number of hydrogen-bond donors (Lipinski definition) is 1. The van der Waals surface area contributed by atoms with E-state index in [0.717, 1.165) is 36.6 Å². The highest BCUT2D eigenvalue weighted by Gasteiger charge is 2.41. The summed E-state index contributed by atoms with van der Waals surface area (Å²) in [5.74, 6) is 0.372. The molecule has 2 saturated heterocycles. The molecule has 2 aliphatic rings. The van der Waals surface area contributed by atoms with Crippen LogP contribution in [-0.2, 0) is 4.74 Å². The van der Waals surface area contributed by atoms with E-state index in [1.807, 2.05) is 35.2 Å². The molecule has 0 aliphatic carbocycles. The van der Waals surface area contributed by atoms with Crippen LogP contribution in [0.3, 0.4) is 0 Å². The Bertz CT molecular complexity index is 1140. The van der Waals surface area contributed by atoms with Crippen molar-refractivity contribution in [3.63, 3.8) is 0 Å². The molecule has 4 heterocycles. The number of ether oxygens (including phenoxy) is 1. The van der Waals surface area contributed by atoms with Crippen LogP contribution in [0.4, 0.5) is 0 Å². The van der Waals surface area contributed by atoms with Gasteiger partial charge in [-0.05, 0) is 68.0 Å². The topological polar surface area (TPSA) is 84.4 Å². The van der Waals surface area contributed by atoms with E-state index in [4.69, 9.17) is 4.74 Å². The van der Waals surface area contributed by atoms with Crippen molar-refractivity contribution in [2.24, 2.45) is 5.92 Å². The first-order valence-corrected chi connectivity index (χ1v) is 11.6. The lowest BCUT2D eigenvalue weighted by atomic mass is 9.79. The van der Waals surface area contributed by atoms with Crippen molar-refractivity contribution in [1.29, 1.82) is 0 Å². The molecule has 2 amide bonds. The lowest BCUT2D eigenvalue weighted by Crippen LogP contribution is -2.51. The van der Waals surface area contributed by atoms with Crippen LogP contribution < -0.4 is 5.32 Å². The van der Waals surface area contributed by atoms with Gasteiger partial charge in [0.1, 0.15) is 0 Å². The Morgan fingerprint density at radius 1 is 1.06 bits per heavy atom. The van der Waals surface area contributed by atoms with Crippen LogP contribution >= 0.6 is 0 Å². The van der Waals surface area contributed by atoms with Gasteiger partial charge >= 0.3 is 0 Å². The van der Waals surface area contributed by atoms with E-state index in [1.54, 1.807) is 30.7 Å². The Hall–Kier alpha value is -3.32. The normalized spacial score (nSPS) is 20.0. The molecule has 7 nitrogen and oxygen atoms in total. The summed E-state index contributed by atoms with van der Waals surface area (Å²) in [5, 5.41) is 4.04. The second-order valence-electron chi connectivity index (χ2n) is 9.04. The second kappa shape index (κ2) is 9.27. The highest BCUT2D eigenvalue weighted by Crippen LogP contribution is 2.37. The number of carbonyl (C=O) groups is 2. The molecule has 33 heavy (non-hydrogen) atoms. The van der Waals surface area contributed by atoms with E-state index in [0.29, 0.717) is 43.3 Å². The Morgan fingerprint density at radius 2 is 1.88 bits per heavy atom. The van der Waals surface area contributed by atoms with Gasteiger partial charge in [-0.15, -0.1) is 0 Å². The van der Waals surface area contributed by atoms with Crippen molar-refractivity contribution in [1.82, 2.24) is 20.2 Å². The minimum atomic E-state index is -0.200. The molecule has 1 unspecified atom stereocenters. The highest BCUT2D eigenvalue weighted by molar-refractivity contribution is 5.98. The number of nitrogens with zero attached hydrogens (tertiary/aromatic N) is 3. The van der Waals surface area contributed by atoms with Gasteiger partial charge in [0, 0.05) is 61.3 Å². The van der Waals surface area contributed by atoms with Crippen molar-refractivity contribution in [2.45, 2.75) is 31.3 Å². The number of likely N-dealkylation sites (tertiary alicyclic amines) is 1. The maximum Gasteiger partial charge on any atom is 0.253 e. The summed E-state index contributed by atoms with van der Waals surface area (Å²) in [5.41, 5.74) is 2.02. The van der Waals surface area contributed by atoms with E-state index < -0.39 is 0 Å². The van der Waals surface area contributed by atoms with Crippen molar-refractivity contribution >= 4 is 22.7 Å². The number of hydrogen-bond acceptors (Lipinski definition) is 5. The molecule has 170 valence electrons. The van der Waals surface area contributed by atoms with Crippen LogP contribution in [0.1, 0.15) is 46.4 Å². The summed E-state index contributed by atoms with van der Waals surface area (Å²) in [7, 11) is 0. The number of rotatable bonds is 4. The zero-order valence-electron chi connectivity index (χ0n) is 18.6. The van der Waals surface area contributed by atoms with Crippen LogP contribution in [0.25, 0.3) is 10.9 Å². The average molecular weight is 445 g/mol. The average Bonchev–Trinajstić information content (AvgIpc) is 2.88. The molecule has 7 heteroatoms. The van der Waals surface area contributed by atoms with Crippen LogP contribution in [0.2, 0.25) is 0 Å². The Morgan fingerprint density at radius 3 is 2.70 bits per heavy atom.